The number of rotatable bonds is 8. The fourth-order valence-corrected chi connectivity index (χ4v) is 2.53. The minimum absolute atomic E-state index is 0.0493. The molecule has 3 rings (SSSR count). The van der Waals surface area contributed by atoms with E-state index in [4.69, 9.17) is 4.74 Å². The first-order valence-corrected chi connectivity index (χ1v) is 8.92. The highest BCUT2D eigenvalue weighted by Crippen LogP contribution is 2.16. The molecular weight excluding hydrogens is 370 g/mol. The maximum Gasteiger partial charge on any atom is 0.269 e. The molecule has 0 bridgehead atoms. The molecule has 0 aliphatic heterocycles. The predicted octanol–water partition coefficient (Wildman–Crippen LogP) is 3.87. The molecule has 3 aromatic carbocycles. The number of nitrogens with one attached hydrogen (secondary N) is 1. The SMILES string of the molecule is O=C(Cc1ccccc1)N/N=C\c1ccc(OCc2ccc([N+](=O)[O-])cc2)cc1. The van der Waals surface area contributed by atoms with Gasteiger partial charge < -0.3 is 4.74 Å². The van der Waals surface area contributed by atoms with Gasteiger partial charge >= 0.3 is 0 Å². The van der Waals surface area contributed by atoms with Crippen molar-refractivity contribution in [1.29, 1.82) is 0 Å². The summed E-state index contributed by atoms with van der Waals surface area (Å²) in [6, 6.07) is 22.9. The van der Waals surface area contributed by atoms with Gasteiger partial charge in [0.25, 0.3) is 5.69 Å². The lowest BCUT2D eigenvalue weighted by molar-refractivity contribution is -0.384. The number of benzene rings is 3. The van der Waals surface area contributed by atoms with Crippen LogP contribution in [0.25, 0.3) is 0 Å². The summed E-state index contributed by atoms with van der Waals surface area (Å²) in [5.41, 5.74) is 5.13. The van der Waals surface area contributed by atoms with E-state index in [1.165, 1.54) is 12.1 Å². The van der Waals surface area contributed by atoms with Crippen molar-refractivity contribution >= 4 is 17.8 Å². The van der Waals surface area contributed by atoms with Crippen LogP contribution in [0.4, 0.5) is 5.69 Å². The van der Waals surface area contributed by atoms with E-state index in [1.807, 2.05) is 42.5 Å². The molecule has 146 valence electrons. The number of hydrogen-bond donors (Lipinski definition) is 1. The number of ether oxygens (including phenoxy) is 1. The van der Waals surface area contributed by atoms with Gasteiger partial charge in [0.1, 0.15) is 12.4 Å². The summed E-state index contributed by atoms with van der Waals surface area (Å²) >= 11 is 0. The summed E-state index contributed by atoms with van der Waals surface area (Å²) in [5, 5.41) is 14.6. The van der Waals surface area contributed by atoms with Crippen LogP contribution >= 0.6 is 0 Å². The number of hydrazone groups is 1. The van der Waals surface area contributed by atoms with Crippen molar-refractivity contribution in [1.82, 2.24) is 5.43 Å². The maximum absolute atomic E-state index is 11.9. The molecule has 0 unspecified atom stereocenters. The fourth-order valence-electron chi connectivity index (χ4n) is 2.53. The van der Waals surface area contributed by atoms with Crippen LogP contribution in [0.5, 0.6) is 5.75 Å². The normalized spacial score (nSPS) is 10.6. The second kappa shape index (κ2) is 9.80. The van der Waals surface area contributed by atoms with E-state index in [2.05, 4.69) is 10.5 Å². The van der Waals surface area contributed by atoms with Crippen LogP contribution in [0.15, 0.2) is 84.0 Å². The van der Waals surface area contributed by atoms with Crippen molar-refractivity contribution in [2.24, 2.45) is 5.10 Å². The zero-order valence-electron chi connectivity index (χ0n) is 15.5. The molecule has 0 fully saturated rings. The van der Waals surface area contributed by atoms with Crippen LogP contribution in [0.2, 0.25) is 0 Å². The van der Waals surface area contributed by atoms with E-state index in [-0.39, 0.29) is 18.0 Å². The molecule has 0 aliphatic carbocycles. The first-order chi connectivity index (χ1) is 14.1. The quantitative estimate of drug-likeness (QED) is 0.359. The summed E-state index contributed by atoms with van der Waals surface area (Å²) in [6.07, 6.45) is 1.83. The summed E-state index contributed by atoms with van der Waals surface area (Å²) in [4.78, 5) is 22.1. The van der Waals surface area contributed by atoms with E-state index in [9.17, 15) is 14.9 Å². The Labute approximate surface area is 167 Å². The second-order valence-electron chi connectivity index (χ2n) is 6.24. The minimum Gasteiger partial charge on any atom is -0.489 e. The van der Waals surface area contributed by atoms with E-state index in [0.29, 0.717) is 12.4 Å². The molecule has 1 amide bonds. The molecule has 3 aromatic rings. The molecule has 29 heavy (non-hydrogen) atoms. The second-order valence-corrected chi connectivity index (χ2v) is 6.24. The summed E-state index contributed by atoms with van der Waals surface area (Å²) < 4.78 is 5.67. The predicted molar refractivity (Wildman–Crippen MR) is 110 cm³/mol. The van der Waals surface area contributed by atoms with Crippen molar-refractivity contribution in [2.45, 2.75) is 13.0 Å². The van der Waals surface area contributed by atoms with Gasteiger partial charge in [-0.25, -0.2) is 5.43 Å². The highest BCUT2D eigenvalue weighted by Gasteiger charge is 2.04. The van der Waals surface area contributed by atoms with Crippen LogP contribution in [-0.2, 0) is 17.8 Å². The topological polar surface area (TPSA) is 93.8 Å². The summed E-state index contributed by atoms with van der Waals surface area (Å²) in [5.74, 6) is 0.476. The largest absolute Gasteiger partial charge is 0.489 e. The Balaban J connectivity index is 1.46. The highest BCUT2D eigenvalue weighted by molar-refractivity contribution is 5.83. The molecule has 0 spiro atoms. The van der Waals surface area contributed by atoms with Gasteiger partial charge in [0.2, 0.25) is 5.91 Å². The van der Waals surface area contributed by atoms with Crippen LogP contribution in [0.1, 0.15) is 16.7 Å². The molecule has 0 heterocycles. The Kier molecular flexibility index (Phi) is 6.67. The zero-order valence-corrected chi connectivity index (χ0v) is 15.5. The molecule has 0 radical (unpaired) electrons. The first-order valence-electron chi connectivity index (χ1n) is 8.92. The van der Waals surface area contributed by atoms with E-state index in [1.54, 1.807) is 30.5 Å². The average molecular weight is 389 g/mol. The van der Waals surface area contributed by atoms with Gasteiger partial charge in [-0.3, -0.25) is 14.9 Å². The Morgan fingerprint density at radius 1 is 0.966 bits per heavy atom. The number of amides is 1. The zero-order chi connectivity index (χ0) is 20.5. The number of carbonyl (C=O) groups excluding carboxylic acids is 1. The monoisotopic (exact) mass is 389 g/mol. The Morgan fingerprint density at radius 2 is 1.66 bits per heavy atom. The van der Waals surface area contributed by atoms with Gasteiger partial charge in [-0.05, 0) is 53.1 Å². The van der Waals surface area contributed by atoms with Crippen LogP contribution in [-0.4, -0.2) is 17.0 Å². The van der Waals surface area contributed by atoms with E-state index in [0.717, 1.165) is 16.7 Å². The Morgan fingerprint density at radius 3 is 2.31 bits per heavy atom. The van der Waals surface area contributed by atoms with Crippen molar-refractivity contribution in [2.75, 3.05) is 0 Å². The van der Waals surface area contributed by atoms with Gasteiger partial charge in [0.05, 0.1) is 17.6 Å². The third-order valence-electron chi connectivity index (χ3n) is 4.04. The lowest BCUT2D eigenvalue weighted by atomic mass is 10.1. The molecule has 0 aromatic heterocycles. The third-order valence-corrected chi connectivity index (χ3v) is 4.04. The summed E-state index contributed by atoms with van der Waals surface area (Å²) in [7, 11) is 0. The van der Waals surface area contributed by atoms with Gasteiger partial charge in [0.15, 0.2) is 0 Å². The molecule has 7 heteroatoms. The van der Waals surface area contributed by atoms with Gasteiger partial charge in [0, 0.05) is 12.1 Å². The molecular formula is C22H19N3O4. The van der Waals surface area contributed by atoms with Crippen molar-refractivity contribution in [3.8, 4) is 5.75 Å². The maximum atomic E-state index is 11.9. The molecule has 0 saturated heterocycles. The summed E-state index contributed by atoms with van der Waals surface area (Å²) in [6.45, 7) is 0.307. The van der Waals surface area contributed by atoms with Crippen LogP contribution < -0.4 is 10.2 Å². The Bertz CT molecular complexity index is 985. The number of carbonyl (C=O) groups is 1. The average Bonchev–Trinajstić information content (AvgIpc) is 2.74. The number of nitro benzene ring substituents is 1. The number of nitro groups is 1. The fraction of sp³-hybridized carbons (Fsp3) is 0.0909. The van der Waals surface area contributed by atoms with Crippen molar-refractivity contribution in [3.05, 3.63) is 106 Å². The van der Waals surface area contributed by atoms with Gasteiger partial charge in [-0.15, -0.1) is 0 Å². The number of nitrogens with zero attached hydrogens (tertiary/aromatic N) is 2. The van der Waals surface area contributed by atoms with Gasteiger partial charge in [-0.1, -0.05) is 30.3 Å². The van der Waals surface area contributed by atoms with Crippen molar-refractivity contribution < 1.29 is 14.5 Å². The third kappa shape index (κ3) is 6.28. The lowest BCUT2D eigenvalue weighted by Crippen LogP contribution is -2.19. The van der Waals surface area contributed by atoms with E-state index >= 15 is 0 Å². The molecule has 1 N–H and O–H groups in total. The van der Waals surface area contributed by atoms with Crippen LogP contribution in [0.3, 0.4) is 0 Å². The van der Waals surface area contributed by atoms with E-state index < -0.39 is 4.92 Å². The smallest absolute Gasteiger partial charge is 0.269 e. The van der Waals surface area contributed by atoms with Gasteiger partial charge in [-0.2, -0.15) is 5.10 Å². The van der Waals surface area contributed by atoms with Crippen molar-refractivity contribution in [3.63, 3.8) is 0 Å². The number of hydrogen-bond acceptors (Lipinski definition) is 5. The minimum atomic E-state index is -0.436. The number of non-ortho nitro benzene ring substituents is 1. The van der Waals surface area contributed by atoms with Crippen LogP contribution in [0, 0.1) is 10.1 Å². The molecule has 0 atom stereocenters. The lowest BCUT2D eigenvalue weighted by Gasteiger charge is -2.06. The highest BCUT2D eigenvalue weighted by atomic mass is 16.6. The Hall–Kier alpha value is -4.00. The molecule has 7 nitrogen and oxygen atoms in total. The standard InChI is InChI=1S/C22H19N3O4/c26-22(14-17-4-2-1-3-5-17)24-23-15-18-8-12-21(13-9-18)29-16-19-6-10-20(11-7-19)25(27)28/h1-13,15H,14,16H2,(H,24,26)/b23-15-. The molecule has 0 saturated carbocycles. The molecule has 0 aliphatic rings. The first kappa shape index (κ1) is 19.8.